The minimum Gasteiger partial charge on any atom is -0.493 e. The molecule has 2 aromatic carbocycles. The normalized spacial score (nSPS) is 16.1. The Balaban J connectivity index is 1.60. The number of halogens is 1. The highest BCUT2D eigenvalue weighted by Crippen LogP contribution is 2.26. The fourth-order valence-corrected chi connectivity index (χ4v) is 3.18. The van der Waals surface area contributed by atoms with Crippen LogP contribution in [0.25, 0.3) is 0 Å². The maximum Gasteiger partial charge on any atom is 0.261 e. The fourth-order valence-electron chi connectivity index (χ4n) is 3.06. The Hall–Kier alpha value is -2.73. The lowest BCUT2D eigenvalue weighted by Gasteiger charge is -2.24. The molecule has 0 aromatic heterocycles. The molecule has 1 saturated heterocycles. The van der Waals surface area contributed by atoms with E-state index in [2.05, 4.69) is 5.32 Å². The average molecular weight is 389 g/mol. The molecule has 1 aliphatic rings. The van der Waals surface area contributed by atoms with Gasteiger partial charge < -0.3 is 19.7 Å². The summed E-state index contributed by atoms with van der Waals surface area (Å²) < 4.78 is 10.8. The van der Waals surface area contributed by atoms with Crippen molar-refractivity contribution in [3.63, 3.8) is 0 Å². The number of ether oxygens (including phenoxy) is 2. The molecule has 1 atom stereocenters. The second-order valence-electron chi connectivity index (χ2n) is 6.18. The van der Waals surface area contributed by atoms with Crippen LogP contribution in [0.15, 0.2) is 48.5 Å². The first kappa shape index (κ1) is 19.0. The van der Waals surface area contributed by atoms with E-state index in [0.717, 1.165) is 6.42 Å². The second kappa shape index (κ2) is 8.77. The number of nitrogens with one attached hydrogen (secondary N) is 1. The van der Waals surface area contributed by atoms with Crippen molar-refractivity contribution in [2.45, 2.75) is 18.9 Å². The van der Waals surface area contributed by atoms with E-state index in [0.29, 0.717) is 35.2 Å². The van der Waals surface area contributed by atoms with Gasteiger partial charge in [-0.1, -0.05) is 23.7 Å². The Morgan fingerprint density at radius 1 is 1.15 bits per heavy atom. The molecule has 3 rings (SSSR count). The predicted molar refractivity (Wildman–Crippen MR) is 103 cm³/mol. The van der Waals surface area contributed by atoms with E-state index in [9.17, 15) is 9.59 Å². The van der Waals surface area contributed by atoms with Crippen LogP contribution in [0.3, 0.4) is 0 Å². The zero-order chi connectivity index (χ0) is 19.2. The van der Waals surface area contributed by atoms with Crippen molar-refractivity contribution in [1.82, 2.24) is 4.90 Å². The summed E-state index contributed by atoms with van der Waals surface area (Å²) in [4.78, 5) is 26.8. The molecule has 1 aliphatic heterocycles. The Bertz CT molecular complexity index is 810. The molecule has 1 fully saturated rings. The number of carbonyl (C=O) groups excluding carboxylic acids is 2. The summed E-state index contributed by atoms with van der Waals surface area (Å²) in [7, 11) is 1.54. The third kappa shape index (κ3) is 4.71. The minimum absolute atomic E-state index is 0.148. The molecule has 0 aliphatic carbocycles. The monoisotopic (exact) mass is 388 g/mol. The molecule has 142 valence electrons. The number of para-hydroxylation sites is 2. The molecule has 2 aromatic rings. The van der Waals surface area contributed by atoms with Gasteiger partial charge in [0.2, 0.25) is 5.91 Å². The fraction of sp³-hybridized carbons (Fsp3) is 0.300. The largest absolute Gasteiger partial charge is 0.493 e. The SMILES string of the molecule is COc1ccccc1OCC(=O)N1CCC[C@H]1C(=O)Nc1ccc(Cl)cc1. The number of anilines is 1. The lowest BCUT2D eigenvalue weighted by atomic mass is 10.2. The van der Waals surface area contributed by atoms with Crippen LogP contribution in [0, 0.1) is 0 Å². The van der Waals surface area contributed by atoms with E-state index in [4.69, 9.17) is 21.1 Å². The van der Waals surface area contributed by atoms with Gasteiger partial charge in [0, 0.05) is 17.3 Å². The van der Waals surface area contributed by atoms with Gasteiger partial charge in [-0.3, -0.25) is 9.59 Å². The number of nitrogens with zero attached hydrogens (tertiary/aromatic N) is 1. The van der Waals surface area contributed by atoms with E-state index in [1.54, 1.807) is 54.5 Å². The van der Waals surface area contributed by atoms with Crippen LogP contribution >= 0.6 is 11.6 Å². The van der Waals surface area contributed by atoms with Crippen molar-refractivity contribution in [3.05, 3.63) is 53.6 Å². The van der Waals surface area contributed by atoms with Crippen molar-refractivity contribution in [1.29, 1.82) is 0 Å². The van der Waals surface area contributed by atoms with Gasteiger partial charge in [-0.15, -0.1) is 0 Å². The zero-order valence-electron chi connectivity index (χ0n) is 15.0. The lowest BCUT2D eigenvalue weighted by molar-refractivity contribution is -0.138. The Labute approximate surface area is 163 Å². The number of amides is 2. The van der Waals surface area contributed by atoms with Gasteiger partial charge in [-0.2, -0.15) is 0 Å². The van der Waals surface area contributed by atoms with Crippen LogP contribution in [0.2, 0.25) is 5.02 Å². The Morgan fingerprint density at radius 2 is 1.85 bits per heavy atom. The van der Waals surface area contributed by atoms with Crippen molar-refractivity contribution in [2.24, 2.45) is 0 Å². The predicted octanol–water partition coefficient (Wildman–Crippen LogP) is 3.36. The van der Waals surface area contributed by atoms with Crippen LogP contribution < -0.4 is 14.8 Å². The highest BCUT2D eigenvalue weighted by Gasteiger charge is 2.34. The summed E-state index contributed by atoms with van der Waals surface area (Å²) in [5, 5.41) is 3.43. The van der Waals surface area contributed by atoms with Crippen molar-refractivity contribution in [2.75, 3.05) is 25.6 Å². The van der Waals surface area contributed by atoms with E-state index in [1.807, 2.05) is 6.07 Å². The van der Waals surface area contributed by atoms with Gasteiger partial charge in [0.1, 0.15) is 6.04 Å². The quantitative estimate of drug-likeness (QED) is 0.824. The molecule has 0 unspecified atom stereocenters. The first-order valence-electron chi connectivity index (χ1n) is 8.70. The summed E-state index contributed by atoms with van der Waals surface area (Å²) >= 11 is 5.86. The highest BCUT2D eigenvalue weighted by molar-refractivity contribution is 6.30. The minimum atomic E-state index is -0.505. The maximum absolute atomic E-state index is 12.6. The molecule has 1 heterocycles. The van der Waals surface area contributed by atoms with Crippen LogP contribution in [-0.4, -0.2) is 43.0 Å². The van der Waals surface area contributed by atoms with Gasteiger partial charge in [-0.05, 0) is 49.2 Å². The first-order valence-corrected chi connectivity index (χ1v) is 9.08. The van der Waals surface area contributed by atoms with Gasteiger partial charge >= 0.3 is 0 Å². The smallest absolute Gasteiger partial charge is 0.261 e. The standard InChI is InChI=1S/C20H21ClN2O4/c1-26-17-6-2-3-7-18(17)27-13-19(24)23-12-4-5-16(23)20(25)22-15-10-8-14(21)9-11-15/h2-3,6-11,16H,4-5,12-13H2,1H3,(H,22,25)/t16-/m0/s1. The molecular formula is C20H21ClN2O4. The van der Waals surface area contributed by atoms with E-state index < -0.39 is 6.04 Å². The molecule has 7 heteroatoms. The van der Waals surface area contributed by atoms with E-state index in [1.165, 1.54) is 0 Å². The third-order valence-electron chi connectivity index (χ3n) is 4.41. The Morgan fingerprint density at radius 3 is 2.56 bits per heavy atom. The molecular weight excluding hydrogens is 368 g/mol. The molecule has 0 spiro atoms. The molecule has 1 N–H and O–H groups in total. The summed E-state index contributed by atoms with van der Waals surface area (Å²) in [6, 6.07) is 13.5. The van der Waals surface area contributed by atoms with Gasteiger partial charge in [0.25, 0.3) is 5.91 Å². The molecule has 0 bridgehead atoms. The van der Waals surface area contributed by atoms with Crippen LogP contribution in [-0.2, 0) is 9.59 Å². The van der Waals surface area contributed by atoms with Crippen LogP contribution in [0.1, 0.15) is 12.8 Å². The average Bonchev–Trinajstić information content (AvgIpc) is 3.18. The number of benzene rings is 2. The Kier molecular flexibility index (Phi) is 6.19. The van der Waals surface area contributed by atoms with Crippen LogP contribution in [0.5, 0.6) is 11.5 Å². The number of hydrogen-bond donors (Lipinski definition) is 1. The first-order chi connectivity index (χ1) is 13.1. The number of carbonyl (C=O) groups is 2. The van der Waals surface area contributed by atoms with Gasteiger partial charge in [0.15, 0.2) is 18.1 Å². The third-order valence-corrected chi connectivity index (χ3v) is 4.66. The summed E-state index contributed by atoms with van der Waals surface area (Å²) in [6.45, 7) is 0.387. The van der Waals surface area contributed by atoms with E-state index >= 15 is 0 Å². The lowest BCUT2D eigenvalue weighted by Crippen LogP contribution is -2.45. The van der Waals surface area contributed by atoms with Crippen LogP contribution in [0.4, 0.5) is 5.69 Å². The number of hydrogen-bond acceptors (Lipinski definition) is 4. The summed E-state index contributed by atoms with van der Waals surface area (Å²) in [6.07, 6.45) is 1.40. The topological polar surface area (TPSA) is 67.9 Å². The molecule has 27 heavy (non-hydrogen) atoms. The molecule has 0 radical (unpaired) electrons. The summed E-state index contributed by atoms with van der Waals surface area (Å²) in [5.74, 6) is 0.619. The van der Waals surface area contributed by atoms with Crippen molar-refractivity contribution < 1.29 is 19.1 Å². The van der Waals surface area contributed by atoms with Gasteiger partial charge in [0.05, 0.1) is 7.11 Å². The van der Waals surface area contributed by atoms with Gasteiger partial charge in [-0.25, -0.2) is 0 Å². The second-order valence-corrected chi connectivity index (χ2v) is 6.62. The number of methoxy groups -OCH3 is 1. The molecule has 2 amide bonds. The zero-order valence-corrected chi connectivity index (χ0v) is 15.7. The molecule has 0 saturated carbocycles. The highest BCUT2D eigenvalue weighted by atomic mass is 35.5. The maximum atomic E-state index is 12.6. The summed E-state index contributed by atoms with van der Waals surface area (Å²) in [5.41, 5.74) is 0.647. The molecule has 6 nitrogen and oxygen atoms in total. The number of likely N-dealkylation sites (tertiary alicyclic amines) is 1. The van der Waals surface area contributed by atoms with E-state index in [-0.39, 0.29) is 18.4 Å². The van der Waals surface area contributed by atoms with Crippen molar-refractivity contribution >= 4 is 29.1 Å². The number of rotatable bonds is 6. The van der Waals surface area contributed by atoms with Crippen molar-refractivity contribution in [3.8, 4) is 11.5 Å².